The van der Waals surface area contributed by atoms with Gasteiger partial charge >= 0.3 is 5.97 Å². The lowest BCUT2D eigenvalue weighted by molar-refractivity contribution is -0.116. The topological polar surface area (TPSA) is 113 Å². The molecule has 8 nitrogen and oxygen atoms in total. The van der Waals surface area contributed by atoms with Crippen LogP contribution in [0.5, 0.6) is 0 Å². The molecule has 2 aromatic heterocycles. The smallest absolute Gasteiger partial charge is 0.341 e. The molecular weight excluding hydrogens is 418 g/mol. The maximum absolute atomic E-state index is 12.7. The van der Waals surface area contributed by atoms with Crippen molar-refractivity contribution in [3.8, 4) is 0 Å². The Hall–Kier alpha value is -3.17. The number of hydrogen-bond donors (Lipinski definition) is 2. The average molecular weight is 444 g/mol. The van der Waals surface area contributed by atoms with E-state index >= 15 is 0 Å². The van der Waals surface area contributed by atoms with Crippen LogP contribution in [0.3, 0.4) is 0 Å². The molecule has 0 bridgehead atoms. The van der Waals surface area contributed by atoms with E-state index in [1.165, 1.54) is 7.11 Å². The fourth-order valence-electron chi connectivity index (χ4n) is 3.43. The number of nitrogens with two attached hydrogens (primary N) is 1. The van der Waals surface area contributed by atoms with Crippen molar-refractivity contribution in [2.24, 2.45) is 12.8 Å². The largest absolute Gasteiger partial charge is 0.460 e. The summed E-state index contributed by atoms with van der Waals surface area (Å²) in [6, 6.07) is 7.99. The summed E-state index contributed by atoms with van der Waals surface area (Å²) in [5.74, 6) is -1.57. The van der Waals surface area contributed by atoms with Gasteiger partial charge in [-0.15, -0.1) is 11.3 Å². The van der Waals surface area contributed by atoms with Crippen LogP contribution in [0.1, 0.15) is 37.6 Å². The molecule has 0 unspecified atom stereocenters. The van der Waals surface area contributed by atoms with Crippen LogP contribution in [0.15, 0.2) is 30.5 Å². The number of carbonyl (C=O) groups excluding carboxylic acids is 3. The lowest BCUT2D eigenvalue weighted by Gasteiger charge is -2.08. The molecule has 31 heavy (non-hydrogen) atoms. The molecule has 3 rings (SSSR count). The Morgan fingerprint density at radius 3 is 2.65 bits per heavy atom. The Morgan fingerprint density at radius 1 is 1.19 bits per heavy atom. The summed E-state index contributed by atoms with van der Waals surface area (Å²) < 4.78 is 12.1. The number of rotatable bonds is 9. The van der Waals surface area contributed by atoms with E-state index in [1.54, 1.807) is 6.92 Å². The molecule has 0 aliphatic rings. The highest BCUT2D eigenvalue weighted by molar-refractivity contribution is 7.18. The minimum atomic E-state index is -0.662. The summed E-state index contributed by atoms with van der Waals surface area (Å²) in [5, 5.41) is 4.12. The summed E-state index contributed by atoms with van der Waals surface area (Å²) in [5.41, 5.74) is 8.12. The SMILES string of the molecule is COCCOC(=O)c1c(NC(=O)CCc2cn(C)c3ccccc23)sc(C(N)=O)c1C. The molecule has 0 saturated carbocycles. The maximum atomic E-state index is 12.7. The molecule has 0 atom stereocenters. The first kappa shape index (κ1) is 22.5. The Bertz CT molecular complexity index is 1130. The Balaban J connectivity index is 1.76. The Kier molecular flexibility index (Phi) is 7.09. The van der Waals surface area contributed by atoms with Gasteiger partial charge in [0, 0.05) is 37.7 Å². The summed E-state index contributed by atoms with van der Waals surface area (Å²) in [7, 11) is 3.46. The molecule has 3 N–H and O–H groups in total. The molecule has 0 aliphatic heterocycles. The van der Waals surface area contributed by atoms with Gasteiger partial charge in [0.1, 0.15) is 11.6 Å². The number of aromatic nitrogens is 1. The lowest BCUT2D eigenvalue weighted by Crippen LogP contribution is -2.16. The number of para-hydroxylation sites is 1. The number of ether oxygens (including phenoxy) is 2. The minimum absolute atomic E-state index is 0.0605. The summed E-state index contributed by atoms with van der Waals surface area (Å²) in [6.07, 6.45) is 2.76. The molecule has 0 saturated heterocycles. The number of aryl methyl sites for hydroxylation is 2. The second-order valence-electron chi connectivity index (χ2n) is 7.08. The van der Waals surface area contributed by atoms with E-state index in [2.05, 4.69) is 5.32 Å². The van der Waals surface area contributed by atoms with Gasteiger partial charge in [-0.25, -0.2) is 4.79 Å². The zero-order valence-electron chi connectivity index (χ0n) is 17.7. The number of methoxy groups -OCH3 is 1. The number of esters is 1. The molecule has 2 heterocycles. The van der Waals surface area contributed by atoms with Crippen molar-refractivity contribution in [1.29, 1.82) is 0 Å². The van der Waals surface area contributed by atoms with Crippen LogP contribution in [-0.2, 0) is 27.7 Å². The first-order valence-corrected chi connectivity index (χ1v) is 10.6. The van der Waals surface area contributed by atoms with Gasteiger partial charge in [0.2, 0.25) is 5.91 Å². The fraction of sp³-hybridized carbons (Fsp3) is 0.318. The Labute approximate surface area is 183 Å². The third-order valence-corrected chi connectivity index (χ3v) is 6.17. The highest BCUT2D eigenvalue weighted by Gasteiger charge is 2.26. The maximum Gasteiger partial charge on any atom is 0.341 e. The molecule has 0 spiro atoms. The summed E-state index contributed by atoms with van der Waals surface area (Å²) in [6.45, 7) is 1.91. The standard InChI is InChI=1S/C22H25N3O5S/c1-13-18(22(28)30-11-10-29-3)21(31-19(13)20(23)27)24-17(26)9-8-14-12-25(2)16-7-5-4-6-15(14)16/h4-7,12H,8-11H2,1-3H3,(H2,23,27)(H,24,26). The van der Waals surface area contributed by atoms with Crippen LogP contribution in [-0.4, -0.2) is 42.7 Å². The van der Waals surface area contributed by atoms with Gasteiger partial charge in [0.15, 0.2) is 0 Å². The third-order valence-electron chi connectivity index (χ3n) is 4.95. The second-order valence-corrected chi connectivity index (χ2v) is 8.10. The van der Waals surface area contributed by atoms with E-state index in [9.17, 15) is 14.4 Å². The van der Waals surface area contributed by atoms with Crippen molar-refractivity contribution >= 4 is 45.0 Å². The predicted molar refractivity (Wildman–Crippen MR) is 120 cm³/mol. The summed E-state index contributed by atoms with van der Waals surface area (Å²) >= 11 is 0.976. The molecule has 0 aliphatic carbocycles. The zero-order chi connectivity index (χ0) is 22.5. The number of fused-ring (bicyclic) bond motifs is 1. The van der Waals surface area contributed by atoms with Crippen LogP contribution in [0, 0.1) is 6.92 Å². The predicted octanol–water partition coefficient (Wildman–Crippen LogP) is 3.02. The van der Waals surface area contributed by atoms with E-state index in [1.807, 2.05) is 42.1 Å². The number of nitrogens with zero attached hydrogens (tertiary/aromatic N) is 1. The van der Waals surface area contributed by atoms with Crippen molar-refractivity contribution < 1.29 is 23.9 Å². The number of anilines is 1. The van der Waals surface area contributed by atoms with E-state index in [0.717, 1.165) is 27.8 Å². The van der Waals surface area contributed by atoms with Gasteiger partial charge in [-0.3, -0.25) is 9.59 Å². The quantitative estimate of drug-likeness (QED) is 0.390. The summed E-state index contributed by atoms with van der Waals surface area (Å²) in [4.78, 5) is 37.1. The second kappa shape index (κ2) is 9.76. The van der Waals surface area contributed by atoms with E-state index in [-0.39, 0.29) is 41.0 Å². The van der Waals surface area contributed by atoms with Gasteiger partial charge in [0.25, 0.3) is 5.91 Å². The van der Waals surface area contributed by atoms with Crippen LogP contribution in [0.25, 0.3) is 10.9 Å². The molecule has 2 amide bonds. The third kappa shape index (κ3) is 4.95. The van der Waals surface area contributed by atoms with E-state index in [4.69, 9.17) is 15.2 Å². The highest BCUT2D eigenvalue weighted by atomic mass is 32.1. The first-order chi connectivity index (χ1) is 14.8. The number of hydrogen-bond acceptors (Lipinski definition) is 6. The van der Waals surface area contributed by atoms with Crippen LogP contribution in [0.4, 0.5) is 5.00 Å². The number of primary amides is 1. The molecule has 9 heteroatoms. The van der Waals surface area contributed by atoms with Crippen molar-refractivity contribution in [3.05, 3.63) is 52.0 Å². The van der Waals surface area contributed by atoms with Gasteiger partial charge in [0.05, 0.1) is 17.0 Å². The van der Waals surface area contributed by atoms with Gasteiger partial charge in [-0.2, -0.15) is 0 Å². The lowest BCUT2D eigenvalue weighted by atomic mass is 10.1. The fourth-order valence-corrected chi connectivity index (χ4v) is 4.50. The molecule has 1 aromatic carbocycles. The average Bonchev–Trinajstić information content (AvgIpc) is 3.23. The monoisotopic (exact) mass is 443 g/mol. The number of benzene rings is 1. The minimum Gasteiger partial charge on any atom is -0.460 e. The molecule has 0 radical (unpaired) electrons. The molecule has 164 valence electrons. The number of nitrogens with one attached hydrogen (secondary N) is 1. The molecule has 0 fully saturated rings. The van der Waals surface area contributed by atoms with Crippen LogP contribution >= 0.6 is 11.3 Å². The number of carbonyl (C=O) groups is 3. The zero-order valence-corrected chi connectivity index (χ0v) is 18.5. The number of thiophene rings is 1. The number of amides is 2. The van der Waals surface area contributed by atoms with Crippen molar-refractivity contribution in [3.63, 3.8) is 0 Å². The van der Waals surface area contributed by atoms with Crippen LogP contribution < -0.4 is 11.1 Å². The van der Waals surface area contributed by atoms with E-state index in [0.29, 0.717) is 12.0 Å². The molecular formula is C22H25N3O5S. The normalized spacial score (nSPS) is 10.9. The van der Waals surface area contributed by atoms with Crippen molar-refractivity contribution in [2.45, 2.75) is 19.8 Å². The van der Waals surface area contributed by atoms with Crippen LogP contribution in [0.2, 0.25) is 0 Å². The van der Waals surface area contributed by atoms with Gasteiger partial charge in [-0.1, -0.05) is 18.2 Å². The van der Waals surface area contributed by atoms with Crippen molar-refractivity contribution in [2.75, 3.05) is 25.6 Å². The van der Waals surface area contributed by atoms with Gasteiger partial charge < -0.3 is 25.1 Å². The Morgan fingerprint density at radius 2 is 1.94 bits per heavy atom. The molecule has 3 aromatic rings. The van der Waals surface area contributed by atoms with Gasteiger partial charge in [-0.05, 0) is 30.5 Å². The first-order valence-electron chi connectivity index (χ1n) is 9.75. The highest BCUT2D eigenvalue weighted by Crippen LogP contribution is 2.33. The van der Waals surface area contributed by atoms with Crippen molar-refractivity contribution in [1.82, 2.24) is 4.57 Å². The van der Waals surface area contributed by atoms with E-state index < -0.39 is 11.9 Å².